The van der Waals surface area contributed by atoms with Crippen LogP contribution in [0.15, 0.2) is 0 Å². The quantitative estimate of drug-likeness (QED) is 0.464. The molecule has 0 unspecified atom stereocenters. The average Bonchev–Trinajstić information content (AvgIpc) is 1.90. The first-order valence-electron chi connectivity index (χ1n) is 3.87. The van der Waals surface area contributed by atoms with Crippen LogP contribution >= 0.6 is 0 Å². The van der Waals surface area contributed by atoms with Crippen LogP contribution in [0.3, 0.4) is 0 Å². The van der Waals surface area contributed by atoms with Crippen LogP contribution in [0.5, 0.6) is 0 Å². The zero-order valence-electron chi connectivity index (χ0n) is 6.90. The van der Waals surface area contributed by atoms with Crippen molar-refractivity contribution in [3.8, 4) is 0 Å². The molecule has 1 fully saturated rings. The summed E-state index contributed by atoms with van der Waals surface area (Å²) in [6.45, 7) is 0. The summed E-state index contributed by atoms with van der Waals surface area (Å²) in [4.78, 5) is 0. The Morgan fingerprint density at radius 3 is 1.80 bits per heavy atom. The molecular formula is C8H17ClS. The predicted molar refractivity (Wildman–Crippen MR) is 46.1 cm³/mol. The van der Waals surface area contributed by atoms with Gasteiger partial charge in [0, 0.05) is 0 Å². The number of hydrogen-bond acceptors (Lipinski definition) is 0. The summed E-state index contributed by atoms with van der Waals surface area (Å²) >= 11 is 0. The van der Waals surface area contributed by atoms with Gasteiger partial charge in [-0.2, -0.15) is 0 Å². The number of hydrogen-bond donors (Lipinski definition) is 0. The Labute approximate surface area is 73.5 Å². The van der Waals surface area contributed by atoms with Gasteiger partial charge in [-0.05, 0) is 36.6 Å². The van der Waals surface area contributed by atoms with E-state index in [4.69, 9.17) is 0 Å². The molecule has 0 heterocycles. The molecule has 0 atom stereocenters. The maximum atomic E-state index is 2.38. The van der Waals surface area contributed by atoms with Gasteiger partial charge in [0.05, 0.1) is 12.5 Å². The van der Waals surface area contributed by atoms with Crippen LogP contribution in [-0.4, -0.2) is 17.8 Å². The molecule has 0 aromatic rings. The van der Waals surface area contributed by atoms with Crippen molar-refractivity contribution in [3.05, 3.63) is 0 Å². The Morgan fingerprint density at radius 2 is 1.50 bits per heavy atom. The molecule has 1 rings (SSSR count). The van der Waals surface area contributed by atoms with Gasteiger partial charge >= 0.3 is 0 Å². The molecule has 0 aromatic carbocycles. The highest BCUT2D eigenvalue weighted by Gasteiger charge is 2.22. The molecule has 62 valence electrons. The summed E-state index contributed by atoms with van der Waals surface area (Å²) in [5, 5.41) is 1.08. The fraction of sp³-hybridized carbons (Fsp3) is 1.00. The molecule has 0 nitrogen and oxygen atoms in total. The minimum Gasteiger partial charge on any atom is -1.00 e. The minimum atomic E-state index is 0. The first-order valence-corrected chi connectivity index (χ1v) is 5.97. The van der Waals surface area contributed by atoms with E-state index in [0.717, 1.165) is 5.25 Å². The molecule has 1 saturated carbocycles. The van der Waals surface area contributed by atoms with Gasteiger partial charge in [-0.1, -0.05) is 6.42 Å². The largest absolute Gasteiger partial charge is 1.00 e. The summed E-state index contributed by atoms with van der Waals surface area (Å²) in [6, 6.07) is 0. The third-order valence-electron chi connectivity index (χ3n) is 2.22. The van der Waals surface area contributed by atoms with E-state index in [1.54, 1.807) is 0 Å². The Morgan fingerprint density at radius 1 is 1.00 bits per heavy atom. The van der Waals surface area contributed by atoms with Crippen LogP contribution in [0.4, 0.5) is 0 Å². The molecule has 10 heavy (non-hydrogen) atoms. The smallest absolute Gasteiger partial charge is 0.117 e. The molecule has 0 amide bonds. The van der Waals surface area contributed by atoms with Crippen LogP contribution < -0.4 is 12.4 Å². The van der Waals surface area contributed by atoms with Gasteiger partial charge in [0.2, 0.25) is 0 Å². The van der Waals surface area contributed by atoms with Crippen LogP contribution in [0, 0.1) is 0 Å². The minimum absolute atomic E-state index is 0. The molecule has 0 radical (unpaired) electrons. The van der Waals surface area contributed by atoms with Crippen molar-refractivity contribution < 1.29 is 12.4 Å². The third-order valence-corrected chi connectivity index (χ3v) is 4.02. The Kier molecular flexibility index (Phi) is 5.65. The SMILES string of the molecule is C[S+](C)C1CCCCC1.[Cl-]. The molecule has 0 aromatic heterocycles. The normalized spacial score (nSPS) is 20.7. The van der Waals surface area contributed by atoms with Crippen LogP contribution in [0.1, 0.15) is 32.1 Å². The lowest BCUT2D eigenvalue weighted by molar-refractivity contribution is -0.00000205. The maximum absolute atomic E-state index is 2.38. The molecule has 1 aliphatic rings. The lowest BCUT2D eigenvalue weighted by atomic mass is 10.0. The molecule has 0 N–H and O–H groups in total. The summed E-state index contributed by atoms with van der Waals surface area (Å²) in [5.74, 6) is 0. The first-order chi connectivity index (χ1) is 4.30. The van der Waals surface area contributed by atoms with Gasteiger partial charge < -0.3 is 12.4 Å². The van der Waals surface area contributed by atoms with Crippen molar-refractivity contribution in [2.24, 2.45) is 0 Å². The van der Waals surface area contributed by atoms with E-state index in [-0.39, 0.29) is 12.4 Å². The molecule has 0 saturated heterocycles. The zero-order chi connectivity index (χ0) is 6.69. The second kappa shape index (κ2) is 5.31. The van der Waals surface area contributed by atoms with Crippen molar-refractivity contribution in [2.75, 3.05) is 12.5 Å². The monoisotopic (exact) mass is 180 g/mol. The Bertz CT molecular complexity index is 77.3. The molecule has 0 bridgehead atoms. The van der Waals surface area contributed by atoms with E-state index >= 15 is 0 Å². The van der Waals surface area contributed by atoms with E-state index in [0.29, 0.717) is 10.9 Å². The maximum Gasteiger partial charge on any atom is 0.117 e. The molecule has 2 heteroatoms. The highest BCUT2D eigenvalue weighted by atomic mass is 35.5. The number of halogens is 1. The van der Waals surface area contributed by atoms with Crippen molar-refractivity contribution in [1.29, 1.82) is 0 Å². The van der Waals surface area contributed by atoms with E-state index in [1.165, 1.54) is 32.1 Å². The van der Waals surface area contributed by atoms with Gasteiger partial charge in [-0.25, -0.2) is 0 Å². The van der Waals surface area contributed by atoms with Crippen molar-refractivity contribution >= 4 is 10.9 Å². The zero-order valence-corrected chi connectivity index (χ0v) is 8.47. The fourth-order valence-corrected chi connectivity index (χ4v) is 2.81. The van der Waals surface area contributed by atoms with Gasteiger partial charge in [0.25, 0.3) is 0 Å². The van der Waals surface area contributed by atoms with Crippen LogP contribution in [0.25, 0.3) is 0 Å². The van der Waals surface area contributed by atoms with E-state index in [1.807, 2.05) is 0 Å². The van der Waals surface area contributed by atoms with Crippen molar-refractivity contribution in [3.63, 3.8) is 0 Å². The molecule has 1 aliphatic carbocycles. The summed E-state index contributed by atoms with van der Waals surface area (Å²) in [6.07, 6.45) is 12.3. The van der Waals surface area contributed by atoms with E-state index < -0.39 is 0 Å². The summed E-state index contributed by atoms with van der Waals surface area (Å²) < 4.78 is 0. The van der Waals surface area contributed by atoms with Gasteiger partial charge in [-0.15, -0.1) is 0 Å². The highest BCUT2D eigenvalue weighted by molar-refractivity contribution is 7.96. The Hall–Kier alpha value is 0.640. The average molecular weight is 181 g/mol. The molecule has 0 aliphatic heterocycles. The van der Waals surface area contributed by atoms with Crippen LogP contribution in [-0.2, 0) is 10.9 Å². The highest BCUT2D eigenvalue weighted by Crippen LogP contribution is 2.22. The lowest BCUT2D eigenvalue weighted by Gasteiger charge is -2.17. The van der Waals surface area contributed by atoms with E-state index in [2.05, 4.69) is 12.5 Å². The topological polar surface area (TPSA) is 0 Å². The molecular weight excluding hydrogens is 164 g/mol. The van der Waals surface area contributed by atoms with Gasteiger partial charge in [0.1, 0.15) is 5.25 Å². The molecule has 0 spiro atoms. The van der Waals surface area contributed by atoms with Crippen LogP contribution in [0.2, 0.25) is 0 Å². The van der Waals surface area contributed by atoms with Gasteiger partial charge in [0.15, 0.2) is 0 Å². The second-order valence-electron chi connectivity index (χ2n) is 3.14. The Balaban J connectivity index is 0.000000810. The van der Waals surface area contributed by atoms with E-state index in [9.17, 15) is 0 Å². The van der Waals surface area contributed by atoms with Crippen molar-refractivity contribution in [1.82, 2.24) is 0 Å². The first kappa shape index (κ1) is 10.6. The van der Waals surface area contributed by atoms with Gasteiger partial charge in [-0.3, -0.25) is 0 Å². The van der Waals surface area contributed by atoms with Crippen molar-refractivity contribution in [2.45, 2.75) is 37.4 Å². The third kappa shape index (κ3) is 3.16. The number of rotatable bonds is 1. The second-order valence-corrected chi connectivity index (χ2v) is 5.57. The summed E-state index contributed by atoms with van der Waals surface area (Å²) in [7, 11) is 0.698. The predicted octanol–water partition coefficient (Wildman–Crippen LogP) is -0.799. The standard InChI is InChI=1S/C8H17S.ClH/c1-9(2)8-6-4-3-5-7-8;/h8H,3-7H2,1-2H3;1H/q+1;/p-1. The summed E-state index contributed by atoms with van der Waals surface area (Å²) in [5.41, 5.74) is 0. The fourth-order valence-electron chi connectivity index (χ4n) is 1.54. The lowest BCUT2D eigenvalue weighted by Crippen LogP contribution is -3.00.